The van der Waals surface area contributed by atoms with Crippen molar-refractivity contribution in [1.29, 1.82) is 0 Å². The van der Waals surface area contributed by atoms with Gasteiger partial charge in [-0.2, -0.15) is 8.62 Å². The van der Waals surface area contributed by atoms with Crippen LogP contribution in [-0.4, -0.2) is 261 Å². The van der Waals surface area contributed by atoms with Crippen molar-refractivity contribution in [2.75, 3.05) is 37.9 Å². The van der Waals surface area contributed by atoms with Crippen molar-refractivity contribution in [2.45, 2.75) is 157 Å². The smallest absolute Gasteiger partial charge is 0.462 e. The van der Waals surface area contributed by atoms with Crippen LogP contribution in [0.5, 0.6) is 0 Å². The van der Waals surface area contributed by atoms with Crippen LogP contribution in [0, 0.1) is 0 Å². The number of halogens is 2. The molecule has 4 aliphatic rings. The first-order valence-electron chi connectivity index (χ1n) is 26.9. The molecule has 45 nitrogen and oxygen atoms in total. The highest BCUT2D eigenvalue weighted by atomic mass is 31.3. The van der Waals surface area contributed by atoms with Gasteiger partial charge in [0, 0.05) is 34.6 Å². The number of nitrogens with zero attached hydrogens (tertiary/aromatic N) is 8. The highest BCUT2D eigenvalue weighted by Crippen LogP contribution is 2.63. The Morgan fingerprint density at radius 3 is 1.42 bits per heavy atom. The summed E-state index contributed by atoms with van der Waals surface area (Å²) in [4.78, 5) is 124. The predicted octanol–water partition coefficient (Wildman–Crippen LogP) is -4.31. The highest BCUT2D eigenvalue weighted by molar-refractivity contribution is 7.61. The molecule has 8 heterocycles. The van der Waals surface area contributed by atoms with Gasteiger partial charge in [0.1, 0.15) is 91.3 Å². The lowest BCUT2D eigenvalue weighted by molar-refractivity contribution is -0.301. The van der Waals surface area contributed by atoms with E-state index < -0.39 is 210 Å². The summed E-state index contributed by atoms with van der Waals surface area (Å²) < 4.78 is 157. The number of phosphoric ester groups is 4. The van der Waals surface area contributed by atoms with Crippen LogP contribution >= 0.6 is 31.3 Å². The Kier molecular flexibility index (Phi) is 25.1. The van der Waals surface area contributed by atoms with Gasteiger partial charge in [-0.15, -0.1) is 0 Å². The van der Waals surface area contributed by atoms with Gasteiger partial charge < -0.3 is 109 Å². The molecule has 4 fully saturated rings. The Bertz CT molecular complexity index is 3610. The summed E-state index contributed by atoms with van der Waals surface area (Å²) in [5, 5.41) is 69.3. The van der Waals surface area contributed by atoms with Crippen LogP contribution in [0.1, 0.15) is 47.1 Å². The number of carbonyl (C=O) groups excluding carboxylic acids is 5. The minimum atomic E-state index is -5.98. The summed E-state index contributed by atoms with van der Waals surface area (Å²) >= 11 is 0. The quantitative estimate of drug-likeness (QED) is 0.0170. The third kappa shape index (κ3) is 19.0. The fourth-order valence-corrected chi connectivity index (χ4v) is 13.7. The van der Waals surface area contributed by atoms with Crippen molar-refractivity contribution in [3.8, 4) is 0 Å². The molecule has 0 aromatic carbocycles. The third-order valence-electron chi connectivity index (χ3n) is 13.3. The topological polar surface area (TPSA) is 654 Å². The Labute approximate surface area is 529 Å². The SMILES string of the molecule is CC(=O)OC[C@@H](OC(C)=O)C1O[C@@H](OP(=O)(O)OP(=O)(O)OC[C@H]2O[C@@H](n3cnc4c(N)ncnc43)[C@@H](O)C2F)C(OC(C)=O)[C@@H](OC(C)=O)[C@@H]1OC(C)=O.Nc1ncnc2c1ncn2[C@@H]1O[C@H](COP(=O)(O)OP(=O)(O)O[C@@H]2OC([C@H](O)CO)[C@@H](O)[C@H](O)C2O)C(F)[C@@H]1O. The maximum Gasteiger partial charge on any atom is 0.483 e. The van der Waals surface area contributed by atoms with Crippen molar-refractivity contribution >= 4 is 95.1 Å². The largest absolute Gasteiger partial charge is 0.483 e. The molecule has 10 unspecified atom stereocenters. The number of hydrogen-bond donors (Lipinski definition) is 13. The molecule has 532 valence electrons. The zero-order valence-corrected chi connectivity index (χ0v) is 52.8. The minimum Gasteiger partial charge on any atom is -0.462 e. The minimum absolute atomic E-state index is 0.00105. The van der Waals surface area contributed by atoms with Crippen LogP contribution in [0.2, 0.25) is 0 Å². The molecule has 15 N–H and O–H groups in total. The fraction of sp³-hybridized carbons (Fsp3) is 0.659. The summed E-state index contributed by atoms with van der Waals surface area (Å²) in [6.07, 6.45) is -34.7. The lowest BCUT2D eigenvalue weighted by Gasteiger charge is -2.45. The van der Waals surface area contributed by atoms with Gasteiger partial charge in [-0.05, 0) is 0 Å². The van der Waals surface area contributed by atoms with Crippen molar-refractivity contribution in [1.82, 2.24) is 39.0 Å². The second-order valence-corrected chi connectivity index (χ2v) is 26.3. The molecule has 4 aliphatic heterocycles. The van der Waals surface area contributed by atoms with E-state index in [-0.39, 0.29) is 34.0 Å². The van der Waals surface area contributed by atoms with Crippen LogP contribution in [0.15, 0.2) is 25.3 Å². The number of aromatic nitrogens is 8. The normalized spacial score (nSPS) is 32.4. The molecular formula is C44H62F2N10O35P4. The Morgan fingerprint density at radius 2 is 0.989 bits per heavy atom. The Hall–Kier alpha value is -6.01. The number of rotatable bonds is 25. The van der Waals surface area contributed by atoms with Crippen molar-refractivity contribution < 1.29 is 176 Å². The molecule has 0 bridgehead atoms. The monoisotopic (exact) mass is 1450 g/mol. The van der Waals surface area contributed by atoms with Crippen LogP contribution in [0.3, 0.4) is 0 Å². The average molecular weight is 1450 g/mol. The number of carbonyl (C=O) groups is 5. The molecule has 0 amide bonds. The maximum atomic E-state index is 15.1. The lowest BCUT2D eigenvalue weighted by atomic mass is 9.94. The molecule has 95 heavy (non-hydrogen) atoms. The van der Waals surface area contributed by atoms with E-state index in [4.69, 9.17) is 63.7 Å². The number of fused-ring (bicyclic) bond motifs is 2. The lowest BCUT2D eigenvalue weighted by Crippen LogP contribution is -2.65. The zero-order valence-electron chi connectivity index (χ0n) is 49.2. The van der Waals surface area contributed by atoms with E-state index in [0.717, 1.165) is 69.1 Å². The summed E-state index contributed by atoms with van der Waals surface area (Å²) in [5.41, 5.74) is 11.8. The summed E-state index contributed by atoms with van der Waals surface area (Å²) in [6, 6.07) is 0. The van der Waals surface area contributed by atoms with Gasteiger partial charge in [-0.25, -0.2) is 56.9 Å². The number of aliphatic hydroxyl groups excluding tert-OH is 7. The number of imidazole rings is 2. The molecule has 0 radical (unpaired) electrons. The van der Waals surface area contributed by atoms with Gasteiger partial charge in [-0.3, -0.25) is 51.2 Å². The zero-order chi connectivity index (χ0) is 70.6. The number of nitrogens with two attached hydrogens (primary N) is 2. The van der Waals surface area contributed by atoms with Gasteiger partial charge >= 0.3 is 61.1 Å². The van der Waals surface area contributed by atoms with Gasteiger partial charge in [0.05, 0.1) is 32.5 Å². The van der Waals surface area contributed by atoms with E-state index in [1.54, 1.807) is 0 Å². The number of aliphatic hydroxyl groups is 7. The van der Waals surface area contributed by atoms with E-state index in [1.165, 1.54) is 0 Å². The number of phosphoric acid groups is 4. The van der Waals surface area contributed by atoms with Gasteiger partial charge in [0.25, 0.3) is 0 Å². The van der Waals surface area contributed by atoms with Crippen LogP contribution in [0.25, 0.3) is 22.3 Å². The van der Waals surface area contributed by atoms with E-state index in [9.17, 15) is 96.8 Å². The van der Waals surface area contributed by atoms with Crippen LogP contribution in [0.4, 0.5) is 20.4 Å². The van der Waals surface area contributed by atoms with Crippen molar-refractivity contribution in [3.63, 3.8) is 0 Å². The summed E-state index contributed by atoms with van der Waals surface area (Å²) in [5.74, 6) is -5.26. The standard InChI is InChI=1S/C27H36FN5O20P2.C17H26FN5O15P2/c1-10(34)44-6-16(46-11(2)35)20-21(47-12(3)36)22(48-13(4)37)23(49-14(5)38)27(51-20)52-55(42,43)53-54(40,41)45-7-15-17(28)19(39)26(50-15)33-9-32-18-24(29)30-8-31-25(18)33;18-7-6(35-16(9(7)26)23-4-22-8-14(19)20-3-21-15(8)23)2-34-39(30,31)38-40(32,33)37-17-12(29)10(27)11(28)13(36-17)5(25)1-24/h8-9,15-17,19-23,26-27,39H,6-7H2,1-5H3,(H,40,41)(H,42,43)(H2,29,30,31);3-7,9-13,16-17,24-29H,1-2H2,(H,30,31)(H,32,33)(H2,19,20,21)/t15-,16-,17?,19+,20?,21-,22+,23?,26-,27+;5-,6-,7?,9+,10+,11+,12?,13?,16-,17+/m11/s1. The number of alkyl halides is 2. The van der Waals surface area contributed by atoms with E-state index in [2.05, 4.69) is 52.1 Å². The number of esters is 5. The molecule has 0 spiro atoms. The molecule has 0 aliphatic carbocycles. The molecular weight excluding hydrogens is 1390 g/mol. The number of hydrogen-bond acceptors (Lipinski definition) is 39. The Balaban J connectivity index is 0.000000282. The summed E-state index contributed by atoms with van der Waals surface area (Å²) in [7, 11) is -23.0. The Morgan fingerprint density at radius 1 is 0.558 bits per heavy atom. The first kappa shape index (κ1) is 76.4. The van der Waals surface area contributed by atoms with Gasteiger partial charge in [0.2, 0.25) is 6.29 Å². The highest BCUT2D eigenvalue weighted by Gasteiger charge is 2.58. The molecule has 51 heteroatoms. The number of ether oxygens (including phenoxy) is 9. The van der Waals surface area contributed by atoms with Gasteiger partial charge in [0.15, 0.2) is 78.4 Å². The summed E-state index contributed by atoms with van der Waals surface area (Å²) in [6.45, 7) is 0.448. The van der Waals surface area contributed by atoms with E-state index in [0.29, 0.717) is 0 Å². The van der Waals surface area contributed by atoms with E-state index in [1.807, 2.05) is 0 Å². The van der Waals surface area contributed by atoms with Gasteiger partial charge in [-0.1, -0.05) is 0 Å². The third-order valence-corrected chi connectivity index (χ3v) is 18.5. The van der Waals surface area contributed by atoms with E-state index >= 15 is 4.39 Å². The first-order chi connectivity index (χ1) is 44.2. The van der Waals surface area contributed by atoms with Crippen molar-refractivity contribution in [3.05, 3.63) is 25.3 Å². The molecule has 4 saturated heterocycles. The molecule has 4 aromatic heterocycles. The maximum absolute atomic E-state index is 15.1. The molecule has 4 aromatic rings. The van der Waals surface area contributed by atoms with Crippen LogP contribution < -0.4 is 11.5 Å². The predicted molar refractivity (Wildman–Crippen MR) is 292 cm³/mol. The van der Waals surface area contributed by atoms with Crippen LogP contribution in [-0.2, 0) is 112 Å². The second-order valence-electron chi connectivity index (χ2n) is 20.3. The average Bonchev–Trinajstić information content (AvgIpc) is 1.78. The number of nitrogen functional groups attached to an aromatic ring is 2. The second kappa shape index (κ2) is 31.2. The molecule has 8 rings (SSSR count). The molecule has 0 saturated carbocycles. The molecule has 24 atom stereocenters. The number of anilines is 2. The van der Waals surface area contributed by atoms with Crippen molar-refractivity contribution in [2.24, 2.45) is 0 Å². The fourth-order valence-electron chi connectivity index (χ4n) is 9.38. The first-order valence-corrected chi connectivity index (χ1v) is 32.9.